The molecule has 4 aromatic rings. The van der Waals surface area contributed by atoms with E-state index in [-0.39, 0.29) is 28.6 Å². The average Bonchev–Trinajstić information content (AvgIpc) is 3.37. The highest BCUT2D eigenvalue weighted by atomic mass is 32.2. The maximum absolute atomic E-state index is 14.9. The van der Waals surface area contributed by atoms with E-state index in [1.165, 1.54) is 43.6 Å². The van der Waals surface area contributed by atoms with Gasteiger partial charge in [-0.1, -0.05) is 6.07 Å². The molecule has 1 amide bonds. The number of nitrogens with zero attached hydrogens (tertiary/aromatic N) is 3. The van der Waals surface area contributed by atoms with Crippen LogP contribution in [-0.4, -0.2) is 50.0 Å². The van der Waals surface area contributed by atoms with Crippen LogP contribution < -0.4 is 24.8 Å². The van der Waals surface area contributed by atoms with E-state index in [2.05, 4.69) is 15.0 Å². The normalized spacial score (nSPS) is 14.5. The van der Waals surface area contributed by atoms with Crippen LogP contribution in [0.2, 0.25) is 0 Å². The summed E-state index contributed by atoms with van der Waals surface area (Å²) in [6, 6.07) is 9.71. The van der Waals surface area contributed by atoms with Crippen molar-refractivity contribution >= 4 is 33.1 Å². The first-order chi connectivity index (χ1) is 18.6. The Labute approximate surface area is 223 Å². The van der Waals surface area contributed by atoms with Gasteiger partial charge in [0.05, 0.1) is 29.6 Å². The molecule has 0 unspecified atom stereocenters. The summed E-state index contributed by atoms with van der Waals surface area (Å²) in [5.74, 6) is -1.34. The fourth-order valence-corrected chi connectivity index (χ4v) is 5.53. The highest BCUT2D eigenvalue weighted by molar-refractivity contribution is 7.87. The number of amides is 1. The third-order valence-corrected chi connectivity index (χ3v) is 7.25. The first-order valence-electron chi connectivity index (χ1n) is 12.1. The zero-order valence-electron chi connectivity index (χ0n) is 20.9. The number of nitrogens with two attached hydrogens (primary N) is 1. The summed E-state index contributed by atoms with van der Waals surface area (Å²) >= 11 is 0. The Balaban J connectivity index is 1.45. The highest BCUT2D eigenvalue weighted by Gasteiger charge is 2.25. The van der Waals surface area contributed by atoms with Crippen molar-refractivity contribution in [3.8, 4) is 16.9 Å². The molecule has 204 valence electrons. The number of methoxy groups -OCH3 is 1. The number of fused-ring (bicyclic) bond motifs is 1. The molecular weight excluding hydrogens is 530 g/mol. The second-order valence-corrected chi connectivity index (χ2v) is 10.5. The minimum Gasteiger partial charge on any atom is -0.496 e. The summed E-state index contributed by atoms with van der Waals surface area (Å²) in [7, 11) is -2.39. The second kappa shape index (κ2) is 10.6. The highest BCUT2D eigenvalue weighted by Crippen LogP contribution is 2.36. The molecule has 0 saturated carbocycles. The number of pyridine rings is 1. The summed E-state index contributed by atoms with van der Waals surface area (Å²) in [5.41, 5.74) is 1.95. The summed E-state index contributed by atoms with van der Waals surface area (Å²) in [6.45, 7) is 0.916. The number of halogens is 2. The van der Waals surface area contributed by atoms with Gasteiger partial charge in [-0.2, -0.15) is 13.1 Å². The first-order valence-corrected chi connectivity index (χ1v) is 13.6. The second-order valence-electron chi connectivity index (χ2n) is 9.16. The molecule has 2 aromatic carbocycles. The number of nitrogens with one attached hydrogen (secondary N) is 2. The molecule has 1 saturated heterocycles. The molecule has 2 aromatic heterocycles. The lowest BCUT2D eigenvalue weighted by Crippen LogP contribution is -2.46. The van der Waals surface area contributed by atoms with Crippen molar-refractivity contribution in [2.75, 3.05) is 30.4 Å². The van der Waals surface area contributed by atoms with Crippen LogP contribution in [0.1, 0.15) is 23.2 Å². The predicted molar refractivity (Wildman–Crippen MR) is 143 cm³/mol. The van der Waals surface area contributed by atoms with Crippen molar-refractivity contribution < 1.29 is 26.7 Å². The first kappa shape index (κ1) is 26.5. The van der Waals surface area contributed by atoms with Crippen LogP contribution in [0.4, 0.5) is 20.2 Å². The number of imidazole rings is 1. The van der Waals surface area contributed by atoms with E-state index in [1.54, 1.807) is 28.9 Å². The van der Waals surface area contributed by atoms with E-state index in [9.17, 15) is 22.0 Å². The van der Waals surface area contributed by atoms with Crippen molar-refractivity contribution in [2.24, 2.45) is 5.14 Å². The molecule has 13 heteroatoms. The van der Waals surface area contributed by atoms with Crippen LogP contribution in [0.3, 0.4) is 0 Å². The lowest BCUT2D eigenvalue weighted by Gasteiger charge is -2.34. The quantitative estimate of drug-likeness (QED) is 0.320. The molecule has 39 heavy (non-hydrogen) atoms. The minimum atomic E-state index is -3.82. The fraction of sp³-hybridized carbons (Fsp3) is 0.231. The van der Waals surface area contributed by atoms with Crippen LogP contribution >= 0.6 is 0 Å². The van der Waals surface area contributed by atoms with E-state index in [4.69, 9.17) is 9.88 Å². The number of ether oxygens (including phenoxy) is 1. The van der Waals surface area contributed by atoms with Crippen molar-refractivity contribution in [3.63, 3.8) is 0 Å². The Bertz CT molecular complexity index is 1650. The third-order valence-electron chi connectivity index (χ3n) is 6.59. The Morgan fingerprint density at radius 3 is 2.64 bits per heavy atom. The number of rotatable bonds is 7. The summed E-state index contributed by atoms with van der Waals surface area (Å²) < 4.78 is 61.3. The van der Waals surface area contributed by atoms with Crippen LogP contribution in [0.25, 0.3) is 16.8 Å². The zero-order chi connectivity index (χ0) is 27.7. The van der Waals surface area contributed by atoms with Crippen molar-refractivity contribution in [1.82, 2.24) is 14.1 Å². The number of hydrogen-bond donors (Lipinski definition) is 3. The predicted octanol–water partition coefficient (Wildman–Crippen LogP) is 3.30. The van der Waals surface area contributed by atoms with Crippen LogP contribution in [0.5, 0.6) is 5.75 Å². The Hall–Kier alpha value is -4.07. The molecule has 0 bridgehead atoms. The molecule has 0 atom stereocenters. The molecule has 5 rings (SSSR count). The molecule has 1 aliphatic heterocycles. The molecule has 0 radical (unpaired) electrons. The lowest BCUT2D eigenvalue weighted by atomic mass is 10.0. The van der Waals surface area contributed by atoms with Crippen LogP contribution in [0, 0.1) is 11.6 Å². The molecule has 1 fully saturated rings. The third kappa shape index (κ3) is 5.70. The van der Waals surface area contributed by atoms with Gasteiger partial charge in [0.15, 0.2) is 0 Å². The van der Waals surface area contributed by atoms with Gasteiger partial charge in [0.25, 0.3) is 16.1 Å². The summed E-state index contributed by atoms with van der Waals surface area (Å²) in [6.07, 6.45) is 5.68. The van der Waals surface area contributed by atoms with Crippen LogP contribution in [0.15, 0.2) is 61.1 Å². The number of hydrogen-bond acceptors (Lipinski definition) is 6. The molecule has 4 N–H and O–H groups in total. The van der Waals surface area contributed by atoms with Crippen molar-refractivity contribution in [1.29, 1.82) is 0 Å². The lowest BCUT2D eigenvalue weighted by molar-refractivity contribution is 0.102. The SMILES string of the molecule is COc1cccc(F)c1-c1cc(C(=O)Nc2cc(F)ccc2N2CCC(NS(N)(=O)=O)CC2)cn2ccnc12. The van der Waals surface area contributed by atoms with Gasteiger partial charge < -0.3 is 19.4 Å². The topological polar surface area (TPSA) is 131 Å². The summed E-state index contributed by atoms with van der Waals surface area (Å²) in [4.78, 5) is 19.7. The van der Waals surface area contributed by atoms with E-state index < -0.39 is 27.8 Å². The van der Waals surface area contributed by atoms with Gasteiger partial charge >= 0.3 is 0 Å². The maximum Gasteiger partial charge on any atom is 0.274 e. The maximum atomic E-state index is 14.9. The number of benzene rings is 2. The standard InChI is InChI=1S/C26H26F2N6O4S/c1-38-23-4-2-3-20(28)24(23)19-13-16(15-34-12-9-30-25(19)34)26(35)31-21-14-17(27)5-6-22(21)33-10-7-18(8-11-33)32-39(29,36)37/h2-6,9,12-15,18,32H,7-8,10-11H2,1H3,(H,31,35)(H2,29,36,37). The average molecular weight is 557 g/mol. The van der Waals surface area contributed by atoms with Gasteiger partial charge in [-0.3, -0.25) is 4.79 Å². The monoisotopic (exact) mass is 556 g/mol. The van der Waals surface area contributed by atoms with Gasteiger partial charge in [0, 0.05) is 43.3 Å². The molecule has 1 aliphatic rings. The van der Waals surface area contributed by atoms with Gasteiger partial charge in [0.1, 0.15) is 23.0 Å². The van der Waals surface area contributed by atoms with Gasteiger partial charge in [-0.25, -0.2) is 18.9 Å². The van der Waals surface area contributed by atoms with E-state index in [0.717, 1.165) is 0 Å². The Morgan fingerprint density at radius 2 is 1.92 bits per heavy atom. The zero-order valence-corrected chi connectivity index (χ0v) is 21.7. The fourth-order valence-electron chi connectivity index (χ4n) is 4.83. The van der Waals surface area contributed by atoms with Crippen molar-refractivity contribution in [3.05, 3.63) is 78.3 Å². The number of piperidine rings is 1. The van der Waals surface area contributed by atoms with E-state index in [0.29, 0.717) is 42.8 Å². The number of aromatic nitrogens is 2. The number of carbonyl (C=O) groups is 1. The molecular formula is C26H26F2N6O4S. The van der Waals surface area contributed by atoms with Gasteiger partial charge in [-0.05, 0) is 49.2 Å². The Kier molecular flexibility index (Phi) is 7.21. The van der Waals surface area contributed by atoms with E-state index >= 15 is 0 Å². The smallest absolute Gasteiger partial charge is 0.274 e. The summed E-state index contributed by atoms with van der Waals surface area (Å²) in [5, 5.41) is 7.87. The van der Waals surface area contributed by atoms with E-state index in [1.807, 2.05) is 4.90 Å². The number of carbonyl (C=O) groups excluding carboxylic acids is 1. The van der Waals surface area contributed by atoms with Gasteiger partial charge in [-0.15, -0.1) is 0 Å². The van der Waals surface area contributed by atoms with Crippen LogP contribution in [-0.2, 0) is 10.2 Å². The van der Waals surface area contributed by atoms with Gasteiger partial charge in [0.2, 0.25) is 0 Å². The largest absolute Gasteiger partial charge is 0.496 e. The molecule has 10 nitrogen and oxygen atoms in total. The van der Waals surface area contributed by atoms with Crippen molar-refractivity contribution in [2.45, 2.75) is 18.9 Å². The molecule has 0 aliphatic carbocycles. The number of anilines is 2. The molecule has 3 heterocycles. The minimum absolute atomic E-state index is 0.160. The Morgan fingerprint density at radius 1 is 1.15 bits per heavy atom. The molecule has 0 spiro atoms.